The maximum absolute atomic E-state index is 13.3. The molecule has 230 valence electrons. The second-order valence-corrected chi connectivity index (χ2v) is 12.2. The van der Waals surface area contributed by atoms with Crippen LogP contribution in [0, 0.1) is 30.1 Å². The number of thiazole rings is 1. The Kier molecular flexibility index (Phi) is 14.1. The largest absolute Gasteiger partial charge is 0.481 e. The molecule has 0 bridgehead atoms. The van der Waals surface area contributed by atoms with Crippen molar-refractivity contribution in [2.24, 2.45) is 23.5 Å². The quantitative estimate of drug-likeness (QED) is 0.228. The lowest BCUT2D eigenvalue weighted by Crippen LogP contribution is -2.51. The minimum Gasteiger partial charge on any atom is -0.481 e. The highest BCUT2D eigenvalue weighted by Crippen LogP contribution is 2.30. The molecule has 0 saturated carbocycles. The van der Waals surface area contributed by atoms with Crippen molar-refractivity contribution in [1.82, 2.24) is 15.2 Å². The summed E-state index contributed by atoms with van der Waals surface area (Å²) >= 11 is 1.29. The Labute approximate surface area is 254 Å². The van der Waals surface area contributed by atoms with Crippen LogP contribution in [0.15, 0.2) is 35.7 Å². The van der Waals surface area contributed by atoms with Gasteiger partial charge in [-0.2, -0.15) is 0 Å². The zero-order valence-corrected chi connectivity index (χ0v) is 26.4. The number of carbonyl (C=O) groups is 3. The van der Waals surface area contributed by atoms with Crippen LogP contribution in [-0.4, -0.2) is 64.6 Å². The molecule has 2 rings (SSSR count). The number of terminal acetylenes is 1. The molecule has 0 radical (unpaired) electrons. The molecule has 2 amide bonds. The summed E-state index contributed by atoms with van der Waals surface area (Å²) in [6.07, 6.45) is 6.94. The highest BCUT2D eigenvalue weighted by molar-refractivity contribution is 7.09. The molecule has 0 fully saturated rings. The maximum atomic E-state index is 13.3. The monoisotopic (exact) mass is 598 g/mol. The number of benzene rings is 1. The predicted octanol–water partition coefficient (Wildman–Crippen LogP) is 4.53. The van der Waals surface area contributed by atoms with Crippen molar-refractivity contribution in [3.05, 3.63) is 52.0 Å². The third-order valence-corrected chi connectivity index (χ3v) is 8.67. The van der Waals surface area contributed by atoms with E-state index in [0.717, 1.165) is 12.0 Å². The van der Waals surface area contributed by atoms with Crippen LogP contribution in [0.2, 0.25) is 0 Å². The summed E-state index contributed by atoms with van der Waals surface area (Å²) in [4.78, 5) is 44.3. The van der Waals surface area contributed by atoms with Gasteiger partial charge in [0, 0.05) is 30.9 Å². The molecule has 4 N–H and O–H groups in total. The van der Waals surface area contributed by atoms with Crippen LogP contribution in [0.1, 0.15) is 81.0 Å². The van der Waals surface area contributed by atoms with E-state index < -0.39 is 30.1 Å². The number of aromatic nitrogens is 1. The van der Waals surface area contributed by atoms with E-state index in [1.807, 2.05) is 58.0 Å². The zero-order valence-electron chi connectivity index (χ0n) is 25.6. The molecule has 10 heteroatoms. The highest BCUT2D eigenvalue weighted by Gasteiger charge is 2.33. The summed E-state index contributed by atoms with van der Waals surface area (Å²) in [5.41, 5.74) is 7.48. The van der Waals surface area contributed by atoms with Crippen LogP contribution < -0.4 is 11.1 Å². The first-order chi connectivity index (χ1) is 19.9. The number of carboxylic acid groups (broad SMARTS) is 1. The number of hydrogen-bond acceptors (Lipinski definition) is 7. The number of nitrogens with one attached hydrogen (secondary N) is 1. The molecule has 6 atom stereocenters. The van der Waals surface area contributed by atoms with Crippen molar-refractivity contribution in [1.29, 1.82) is 0 Å². The maximum Gasteiger partial charge on any atom is 0.306 e. The minimum absolute atomic E-state index is 0.0467. The zero-order chi connectivity index (χ0) is 31.4. The molecule has 1 aromatic carbocycles. The van der Waals surface area contributed by atoms with Gasteiger partial charge in [0.15, 0.2) is 0 Å². The summed E-state index contributed by atoms with van der Waals surface area (Å²) in [6, 6.07) is 8.41. The Hall–Kier alpha value is -3.26. The van der Waals surface area contributed by atoms with E-state index in [4.69, 9.17) is 16.9 Å². The average Bonchev–Trinajstić information content (AvgIpc) is 3.46. The Morgan fingerprint density at radius 3 is 2.40 bits per heavy atom. The number of ether oxygens (including phenoxy) is 1. The van der Waals surface area contributed by atoms with Gasteiger partial charge < -0.3 is 25.8 Å². The molecule has 42 heavy (non-hydrogen) atoms. The highest BCUT2D eigenvalue weighted by atomic mass is 32.1. The number of hydrogen-bond donors (Lipinski definition) is 3. The Morgan fingerprint density at radius 1 is 1.17 bits per heavy atom. The smallest absolute Gasteiger partial charge is 0.306 e. The van der Waals surface area contributed by atoms with Gasteiger partial charge in [-0.1, -0.05) is 77.3 Å². The molecule has 9 nitrogen and oxygen atoms in total. The van der Waals surface area contributed by atoms with E-state index in [9.17, 15) is 19.5 Å². The fraction of sp³-hybridized carbons (Fsp3) is 0.562. The lowest BCUT2D eigenvalue weighted by atomic mass is 9.93. The molecule has 6 unspecified atom stereocenters. The second-order valence-electron chi connectivity index (χ2n) is 11.3. The van der Waals surface area contributed by atoms with Gasteiger partial charge in [0.2, 0.25) is 5.91 Å². The van der Waals surface area contributed by atoms with Gasteiger partial charge >= 0.3 is 5.97 Å². The number of amides is 2. The number of rotatable bonds is 17. The fourth-order valence-electron chi connectivity index (χ4n) is 4.80. The fourth-order valence-corrected chi connectivity index (χ4v) is 5.66. The van der Waals surface area contributed by atoms with Crippen molar-refractivity contribution in [2.75, 3.05) is 13.7 Å². The summed E-state index contributed by atoms with van der Waals surface area (Å²) in [5, 5.41) is 14.7. The van der Waals surface area contributed by atoms with Gasteiger partial charge in [0.1, 0.15) is 23.4 Å². The Morgan fingerprint density at radius 2 is 1.83 bits per heavy atom. The van der Waals surface area contributed by atoms with Crippen molar-refractivity contribution >= 4 is 29.1 Å². The van der Waals surface area contributed by atoms with E-state index >= 15 is 0 Å². The number of carbonyl (C=O) groups excluding carboxylic acids is 2. The van der Waals surface area contributed by atoms with Gasteiger partial charge in [0.05, 0.1) is 12.0 Å². The summed E-state index contributed by atoms with van der Waals surface area (Å²) in [6.45, 7) is 9.72. The predicted molar refractivity (Wildman–Crippen MR) is 166 cm³/mol. The van der Waals surface area contributed by atoms with Crippen LogP contribution in [0.25, 0.3) is 0 Å². The van der Waals surface area contributed by atoms with Crippen LogP contribution in [0.3, 0.4) is 0 Å². The SMILES string of the molecule is C#CCOC(CC(C(C)C)N(C)C(=O)C(N)C(C)CC)c1nc(C(=O)NC(Cc2ccccc2)CC(C)C(=O)O)cs1. The first-order valence-electron chi connectivity index (χ1n) is 14.5. The van der Waals surface area contributed by atoms with Crippen molar-refractivity contribution in [3.63, 3.8) is 0 Å². The van der Waals surface area contributed by atoms with E-state index in [0.29, 0.717) is 17.8 Å². The van der Waals surface area contributed by atoms with Crippen LogP contribution >= 0.6 is 11.3 Å². The molecule has 0 aliphatic rings. The van der Waals surface area contributed by atoms with E-state index in [1.54, 1.807) is 24.3 Å². The lowest BCUT2D eigenvalue weighted by Gasteiger charge is -2.35. The molecule has 2 aromatic rings. The van der Waals surface area contributed by atoms with Crippen LogP contribution in [0.5, 0.6) is 0 Å². The van der Waals surface area contributed by atoms with Gasteiger partial charge in [-0.15, -0.1) is 17.8 Å². The summed E-state index contributed by atoms with van der Waals surface area (Å²) in [5.74, 6) is 0.573. The first kappa shape index (κ1) is 34.9. The molecular weight excluding hydrogens is 552 g/mol. The number of likely N-dealkylation sites (N-methyl/N-ethyl adjacent to an activating group) is 1. The van der Waals surface area contributed by atoms with Crippen LogP contribution in [-0.2, 0) is 20.7 Å². The lowest BCUT2D eigenvalue weighted by molar-refractivity contribution is -0.141. The number of carboxylic acids is 1. The Bertz CT molecular complexity index is 1200. The molecule has 1 heterocycles. The third kappa shape index (κ3) is 10.2. The van der Waals surface area contributed by atoms with Gasteiger partial charge in [0.25, 0.3) is 5.91 Å². The van der Waals surface area contributed by atoms with Crippen molar-refractivity contribution in [3.8, 4) is 12.3 Å². The average molecular weight is 599 g/mol. The molecule has 0 aliphatic heterocycles. The molecule has 1 aromatic heterocycles. The van der Waals surface area contributed by atoms with E-state index in [-0.39, 0.29) is 48.4 Å². The van der Waals surface area contributed by atoms with Gasteiger partial charge in [-0.05, 0) is 30.2 Å². The van der Waals surface area contributed by atoms with Gasteiger partial charge in [-0.3, -0.25) is 14.4 Å². The van der Waals surface area contributed by atoms with Crippen molar-refractivity contribution < 1.29 is 24.2 Å². The summed E-state index contributed by atoms with van der Waals surface area (Å²) in [7, 11) is 1.76. The van der Waals surface area contributed by atoms with E-state index in [1.165, 1.54) is 11.3 Å². The summed E-state index contributed by atoms with van der Waals surface area (Å²) < 4.78 is 5.99. The standard InChI is InChI=1S/C32H46N4O5S/c1-8-15-41-27(18-26(20(3)4)36(7)31(38)28(33)21(5)9-2)30-35-25(19-42-30)29(37)34-24(16-22(6)32(39)40)17-23-13-11-10-12-14-23/h1,10-14,19-22,24,26-28H,9,15-18,33H2,2-7H3,(H,34,37)(H,39,40). The normalized spacial score (nSPS) is 15.6. The number of nitrogens with zero attached hydrogens (tertiary/aromatic N) is 2. The molecule has 0 saturated heterocycles. The number of aliphatic carboxylic acids is 1. The molecule has 0 aliphatic carbocycles. The minimum atomic E-state index is -0.917. The molecule has 0 spiro atoms. The second kappa shape index (κ2) is 17.0. The van der Waals surface area contributed by atoms with Crippen molar-refractivity contribution in [2.45, 2.75) is 84.5 Å². The number of nitrogens with two attached hydrogens (primary N) is 1. The topological polar surface area (TPSA) is 135 Å². The molecular formula is C32H46N4O5S. The van der Waals surface area contributed by atoms with E-state index in [2.05, 4.69) is 16.2 Å². The van der Waals surface area contributed by atoms with Gasteiger partial charge in [-0.25, -0.2) is 4.98 Å². The first-order valence-corrected chi connectivity index (χ1v) is 15.4. The third-order valence-electron chi connectivity index (χ3n) is 7.73. The van der Waals surface area contributed by atoms with Crippen LogP contribution in [0.4, 0.5) is 0 Å². The Balaban J connectivity index is 2.25.